The van der Waals surface area contributed by atoms with Gasteiger partial charge < -0.3 is 15.2 Å². The van der Waals surface area contributed by atoms with E-state index in [-0.39, 0.29) is 6.03 Å². The highest BCUT2D eigenvalue weighted by Crippen LogP contribution is 2.20. The lowest BCUT2D eigenvalue weighted by Crippen LogP contribution is -2.36. The summed E-state index contributed by atoms with van der Waals surface area (Å²) in [5.74, 6) is 1.63. The molecule has 0 saturated heterocycles. The van der Waals surface area contributed by atoms with Crippen molar-refractivity contribution in [3.8, 4) is 0 Å². The molecule has 20 heavy (non-hydrogen) atoms. The van der Waals surface area contributed by atoms with E-state index in [1.54, 1.807) is 11.3 Å². The second-order valence-corrected chi connectivity index (χ2v) is 5.95. The maximum atomic E-state index is 11.9. The van der Waals surface area contributed by atoms with E-state index >= 15 is 0 Å². The van der Waals surface area contributed by atoms with Crippen LogP contribution in [0.5, 0.6) is 0 Å². The van der Waals surface area contributed by atoms with E-state index in [9.17, 15) is 4.79 Å². The Hall–Kier alpha value is -1.82. The van der Waals surface area contributed by atoms with E-state index in [0.717, 1.165) is 36.5 Å². The Morgan fingerprint density at radius 1 is 1.55 bits per heavy atom. The van der Waals surface area contributed by atoms with Crippen LogP contribution >= 0.6 is 11.3 Å². The van der Waals surface area contributed by atoms with E-state index in [1.807, 2.05) is 30.1 Å². The molecule has 0 saturated carbocycles. The van der Waals surface area contributed by atoms with Crippen LogP contribution in [0.25, 0.3) is 0 Å². The third-order valence-electron chi connectivity index (χ3n) is 3.69. The van der Waals surface area contributed by atoms with Gasteiger partial charge in [-0.05, 0) is 30.2 Å². The highest BCUT2D eigenvalue weighted by Gasteiger charge is 2.19. The van der Waals surface area contributed by atoms with Gasteiger partial charge >= 0.3 is 6.03 Å². The highest BCUT2D eigenvalue weighted by atomic mass is 32.1. The monoisotopic (exact) mass is 290 g/mol. The van der Waals surface area contributed by atoms with Gasteiger partial charge in [0.15, 0.2) is 0 Å². The van der Waals surface area contributed by atoms with Crippen LogP contribution in [0.1, 0.15) is 17.8 Å². The molecule has 106 valence electrons. The molecule has 1 aliphatic heterocycles. The molecule has 3 rings (SSSR count). The summed E-state index contributed by atoms with van der Waals surface area (Å²) in [6.07, 6.45) is 5.92. The molecule has 2 aromatic rings. The minimum absolute atomic E-state index is 0.122. The Morgan fingerprint density at radius 3 is 3.25 bits per heavy atom. The Labute approximate surface area is 122 Å². The molecule has 2 aromatic heterocycles. The first-order chi connectivity index (χ1) is 9.72. The third-order valence-corrected chi connectivity index (χ3v) is 4.55. The summed E-state index contributed by atoms with van der Waals surface area (Å²) in [4.78, 5) is 16.2. The summed E-state index contributed by atoms with van der Waals surface area (Å²) in [5, 5.41) is 9.82. The van der Waals surface area contributed by atoms with Gasteiger partial charge in [0.1, 0.15) is 5.82 Å². The van der Waals surface area contributed by atoms with Gasteiger partial charge in [-0.25, -0.2) is 9.78 Å². The Bertz CT molecular complexity index is 604. The predicted molar refractivity (Wildman–Crippen MR) is 80.1 cm³/mol. The summed E-state index contributed by atoms with van der Waals surface area (Å²) in [5.41, 5.74) is 2.00. The number of nitrogens with one attached hydrogen (secondary N) is 2. The van der Waals surface area contributed by atoms with Crippen LogP contribution in [0.15, 0.2) is 23.2 Å². The number of anilines is 1. The number of imidazole rings is 1. The van der Waals surface area contributed by atoms with Gasteiger partial charge in [0.2, 0.25) is 0 Å². The first-order valence-corrected chi connectivity index (χ1v) is 7.74. The smallest absolute Gasteiger partial charge is 0.319 e. The molecule has 2 N–H and O–H groups in total. The average Bonchev–Trinajstić information content (AvgIpc) is 3.05. The van der Waals surface area contributed by atoms with Crippen LogP contribution < -0.4 is 10.6 Å². The molecule has 0 bridgehead atoms. The van der Waals surface area contributed by atoms with Gasteiger partial charge in [-0.2, -0.15) is 0 Å². The number of carbonyl (C=O) groups is 1. The number of aromatic nitrogens is 2. The Kier molecular flexibility index (Phi) is 3.73. The van der Waals surface area contributed by atoms with Crippen molar-refractivity contribution in [2.45, 2.75) is 26.3 Å². The van der Waals surface area contributed by atoms with Crippen LogP contribution in [-0.2, 0) is 13.0 Å². The minimum Gasteiger partial charge on any atom is -0.338 e. The molecule has 0 aromatic carbocycles. The molecule has 1 aliphatic rings. The maximum absolute atomic E-state index is 11.9. The van der Waals surface area contributed by atoms with Crippen molar-refractivity contribution in [2.24, 2.45) is 5.92 Å². The van der Waals surface area contributed by atoms with E-state index in [4.69, 9.17) is 0 Å². The zero-order valence-corrected chi connectivity index (χ0v) is 12.2. The quantitative estimate of drug-likeness (QED) is 0.913. The second kappa shape index (κ2) is 5.66. The fourth-order valence-electron chi connectivity index (χ4n) is 2.50. The summed E-state index contributed by atoms with van der Waals surface area (Å²) in [7, 11) is 0. The Morgan fingerprint density at radius 2 is 2.45 bits per heavy atom. The zero-order chi connectivity index (χ0) is 13.9. The van der Waals surface area contributed by atoms with E-state index in [2.05, 4.69) is 20.2 Å². The second-order valence-electron chi connectivity index (χ2n) is 5.20. The minimum atomic E-state index is -0.122. The molecule has 1 atom stereocenters. The van der Waals surface area contributed by atoms with E-state index in [1.165, 1.54) is 0 Å². The largest absolute Gasteiger partial charge is 0.338 e. The topological polar surface area (TPSA) is 59.0 Å². The summed E-state index contributed by atoms with van der Waals surface area (Å²) in [6, 6.07) is -0.122. The van der Waals surface area contributed by atoms with E-state index < -0.39 is 0 Å². The number of nitrogens with zero attached hydrogens (tertiary/aromatic N) is 2. The maximum Gasteiger partial charge on any atom is 0.319 e. The summed E-state index contributed by atoms with van der Waals surface area (Å²) in [6.45, 7) is 3.63. The zero-order valence-electron chi connectivity index (χ0n) is 11.4. The number of amides is 2. The van der Waals surface area contributed by atoms with Crippen LogP contribution in [0.4, 0.5) is 10.5 Å². The van der Waals surface area contributed by atoms with Gasteiger partial charge in [0.05, 0.1) is 5.69 Å². The standard InChI is InChI=1S/C14H18N4OS/c1-10-8-20-9-12(10)17-14(19)16-6-11-2-3-13-15-4-5-18(13)7-11/h4-5,8-9,11H,2-3,6-7H2,1H3,(H2,16,17,19)/t11-/m1/s1. The van der Waals surface area contributed by atoms with Gasteiger partial charge in [0, 0.05) is 37.3 Å². The lowest BCUT2D eigenvalue weighted by atomic mass is 9.99. The van der Waals surface area contributed by atoms with Crippen LogP contribution in [-0.4, -0.2) is 22.1 Å². The molecule has 6 heteroatoms. The number of hydrogen-bond donors (Lipinski definition) is 2. The number of rotatable bonds is 3. The van der Waals surface area contributed by atoms with Crippen molar-refractivity contribution >= 4 is 23.1 Å². The predicted octanol–water partition coefficient (Wildman–Crippen LogP) is 2.64. The number of carbonyl (C=O) groups excluding carboxylic acids is 1. The van der Waals surface area contributed by atoms with E-state index in [0.29, 0.717) is 12.5 Å². The van der Waals surface area contributed by atoms with Crippen molar-refractivity contribution in [2.75, 3.05) is 11.9 Å². The molecule has 0 fully saturated rings. The number of fused-ring (bicyclic) bond motifs is 1. The average molecular weight is 290 g/mol. The molecule has 0 radical (unpaired) electrons. The van der Waals surface area contributed by atoms with Crippen molar-refractivity contribution in [3.63, 3.8) is 0 Å². The van der Waals surface area contributed by atoms with Gasteiger partial charge in [-0.15, -0.1) is 11.3 Å². The normalized spacial score (nSPS) is 17.6. The molecular weight excluding hydrogens is 272 g/mol. The van der Waals surface area contributed by atoms with Crippen molar-refractivity contribution in [3.05, 3.63) is 34.5 Å². The van der Waals surface area contributed by atoms with Crippen LogP contribution in [0.3, 0.4) is 0 Å². The summed E-state index contributed by atoms with van der Waals surface area (Å²) >= 11 is 1.59. The number of aryl methyl sites for hydroxylation is 2. The van der Waals surface area contributed by atoms with Crippen LogP contribution in [0.2, 0.25) is 0 Å². The van der Waals surface area contributed by atoms with Crippen LogP contribution in [0, 0.1) is 12.8 Å². The van der Waals surface area contributed by atoms with Gasteiger partial charge in [-0.1, -0.05) is 0 Å². The van der Waals surface area contributed by atoms with Gasteiger partial charge in [0.25, 0.3) is 0 Å². The fraction of sp³-hybridized carbons (Fsp3) is 0.429. The lowest BCUT2D eigenvalue weighted by Gasteiger charge is -2.24. The Balaban J connectivity index is 1.48. The molecule has 5 nitrogen and oxygen atoms in total. The molecule has 3 heterocycles. The third kappa shape index (κ3) is 2.85. The molecule has 0 aliphatic carbocycles. The number of thiophene rings is 1. The van der Waals surface area contributed by atoms with Gasteiger partial charge in [-0.3, -0.25) is 0 Å². The van der Waals surface area contributed by atoms with Crippen molar-refractivity contribution < 1.29 is 4.79 Å². The summed E-state index contributed by atoms with van der Waals surface area (Å²) < 4.78 is 2.18. The van der Waals surface area contributed by atoms with Crippen molar-refractivity contribution in [1.29, 1.82) is 0 Å². The first kappa shape index (κ1) is 13.2. The fourth-order valence-corrected chi connectivity index (χ4v) is 3.28. The van der Waals surface area contributed by atoms with Crippen molar-refractivity contribution in [1.82, 2.24) is 14.9 Å². The number of hydrogen-bond acceptors (Lipinski definition) is 3. The SMILES string of the molecule is Cc1cscc1NC(=O)NC[C@H]1CCc2nccn2C1. The highest BCUT2D eigenvalue weighted by molar-refractivity contribution is 7.08. The lowest BCUT2D eigenvalue weighted by molar-refractivity contribution is 0.247. The molecule has 2 amide bonds. The molecule has 0 spiro atoms. The number of urea groups is 1. The first-order valence-electron chi connectivity index (χ1n) is 6.80. The molecular formula is C14H18N4OS. The molecule has 0 unspecified atom stereocenters.